The third-order valence-corrected chi connectivity index (χ3v) is 10.8. The van der Waals surface area contributed by atoms with Gasteiger partial charge in [0.25, 0.3) is 0 Å². The molecule has 1 saturated heterocycles. The number of rotatable bonds is 17. The van der Waals surface area contributed by atoms with Crippen LogP contribution < -0.4 is 0 Å². The summed E-state index contributed by atoms with van der Waals surface area (Å²) >= 11 is 0. The number of benzene rings is 6. The highest BCUT2D eigenvalue weighted by atomic mass is 31.2. The van der Waals surface area contributed by atoms with Gasteiger partial charge >= 0.3 is 31.7 Å². The largest absolute Gasteiger partial charge is 0.477 e. The maximum absolute atomic E-state index is 14.9. The minimum absolute atomic E-state index is 0.0833. The van der Waals surface area contributed by atoms with Gasteiger partial charge in [-0.15, -0.1) is 0 Å². The van der Waals surface area contributed by atoms with E-state index in [2.05, 4.69) is 0 Å². The third-order valence-electron chi connectivity index (χ3n) is 9.43. The number of hydrogen-bond donors (Lipinski definition) is 0. The molecule has 1 heterocycles. The molecule has 5 atom stereocenters. The fourth-order valence-corrected chi connectivity index (χ4v) is 7.53. The van der Waals surface area contributed by atoms with E-state index in [4.69, 9.17) is 37.3 Å². The number of hydrogen-bond acceptors (Lipinski definition) is 13. The second-order valence-corrected chi connectivity index (χ2v) is 15.4. The van der Waals surface area contributed by atoms with E-state index in [0.717, 1.165) is 0 Å². The Morgan fingerprint density at radius 2 is 0.774 bits per heavy atom. The zero-order valence-corrected chi connectivity index (χ0v) is 34.0. The first kappa shape index (κ1) is 43.4. The van der Waals surface area contributed by atoms with E-state index in [-0.39, 0.29) is 35.5 Å². The summed E-state index contributed by atoms with van der Waals surface area (Å²) in [5.74, 6) is -3.49. The molecule has 0 aliphatic carbocycles. The number of phosphoric acid groups is 1. The quantitative estimate of drug-likeness (QED) is 0.0487. The molecule has 0 bridgehead atoms. The Labute approximate surface area is 357 Å². The molecule has 62 heavy (non-hydrogen) atoms. The minimum atomic E-state index is -4.77. The standard InChI is InChI=1S/C48H41O13P/c49-44(36-23-11-3-12-24-36)54-33-40-41(58-45(50)37-25-13-4-14-26-37)42(59-46(51)38-27-15-5-16-28-38)43(60-47(52)39-29-17-6-18-30-39)48(57-40)61-62(53,55-31-34-19-7-1-8-20-34)56-32-35-21-9-2-10-22-35/h1-30,40-43,48H,31-33H2/t40-,41-,42+,43-,48+/m1/s1. The zero-order valence-electron chi connectivity index (χ0n) is 33.1. The topological polar surface area (TPSA) is 159 Å². The molecule has 13 nitrogen and oxygen atoms in total. The third kappa shape index (κ3) is 11.8. The number of carbonyl (C=O) groups excluding carboxylic acids is 4. The van der Waals surface area contributed by atoms with Crippen molar-refractivity contribution >= 4 is 31.7 Å². The Hall–Kier alpha value is -6.73. The van der Waals surface area contributed by atoms with Gasteiger partial charge in [-0.2, -0.15) is 0 Å². The van der Waals surface area contributed by atoms with Gasteiger partial charge in [0.1, 0.15) is 12.7 Å². The highest BCUT2D eigenvalue weighted by Gasteiger charge is 2.55. The van der Waals surface area contributed by atoms with Gasteiger partial charge in [0.15, 0.2) is 18.3 Å². The molecule has 6 aromatic carbocycles. The van der Waals surface area contributed by atoms with Gasteiger partial charge in [-0.25, -0.2) is 23.7 Å². The van der Waals surface area contributed by atoms with Crippen LogP contribution in [-0.4, -0.2) is 61.2 Å². The van der Waals surface area contributed by atoms with Crippen molar-refractivity contribution in [3.05, 3.63) is 215 Å². The summed E-state index contributed by atoms with van der Waals surface area (Å²) in [6.07, 6.45) is -8.71. The van der Waals surface area contributed by atoms with Gasteiger partial charge < -0.3 is 23.7 Å². The second kappa shape index (κ2) is 21.2. The monoisotopic (exact) mass is 856 g/mol. The highest BCUT2D eigenvalue weighted by Crippen LogP contribution is 2.54. The summed E-state index contributed by atoms with van der Waals surface area (Å²) in [5, 5.41) is 0. The van der Waals surface area contributed by atoms with Crippen LogP contribution in [0, 0.1) is 0 Å². The van der Waals surface area contributed by atoms with Crippen LogP contribution in [0.1, 0.15) is 52.6 Å². The van der Waals surface area contributed by atoms with E-state index in [9.17, 15) is 23.7 Å². The van der Waals surface area contributed by atoms with E-state index < -0.39 is 69.0 Å². The van der Waals surface area contributed by atoms with E-state index in [0.29, 0.717) is 11.1 Å². The molecule has 0 saturated carbocycles. The number of phosphoric ester groups is 1. The number of esters is 4. The summed E-state index contributed by atoms with van der Waals surface area (Å²) in [7, 11) is -4.77. The SMILES string of the molecule is O=C(OC[C@H]1O[C@@H](OP(=O)(OCc2ccccc2)OCc2ccccc2)[C@H](OC(=O)c2ccccc2)[C@@H](OC(=O)c2ccccc2)[C@@H]1OC(=O)c1ccccc1)c1ccccc1. The average molecular weight is 857 g/mol. The van der Waals surface area contributed by atoms with Crippen LogP contribution in [-0.2, 0) is 55.0 Å². The van der Waals surface area contributed by atoms with Gasteiger partial charge in [0.05, 0.1) is 35.5 Å². The Morgan fingerprint density at radius 3 is 1.18 bits per heavy atom. The summed E-state index contributed by atoms with van der Waals surface area (Å²) in [5.41, 5.74) is 1.72. The molecule has 0 unspecified atom stereocenters. The van der Waals surface area contributed by atoms with Crippen molar-refractivity contribution < 1.29 is 61.0 Å². The lowest BCUT2D eigenvalue weighted by Gasteiger charge is -2.44. The lowest BCUT2D eigenvalue weighted by atomic mass is 9.97. The fourth-order valence-electron chi connectivity index (χ4n) is 6.29. The van der Waals surface area contributed by atoms with Gasteiger partial charge in [-0.3, -0.25) is 13.6 Å². The lowest BCUT2D eigenvalue weighted by Crippen LogP contribution is -2.63. The molecule has 0 radical (unpaired) electrons. The molecule has 0 aromatic heterocycles. The molecule has 14 heteroatoms. The van der Waals surface area contributed by atoms with Crippen LogP contribution in [0.4, 0.5) is 0 Å². The van der Waals surface area contributed by atoms with Crippen LogP contribution in [0.2, 0.25) is 0 Å². The normalized spacial score (nSPS) is 18.5. The van der Waals surface area contributed by atoms with E-state index in [1.165, 1.54) is 48.5 Å². The molecule has 7 rings (SSSR count). The van der Waals surface area contributed by atoms with Crippen molar-refractivity contribution in [1.82, 2.24) is 0 Å². The molecule has 316 valence electrons. The van der Waals surface area contributed by atoms with Gasteiger partial charge in [0.2, 0.25) is 6.29 Å². The zero-order chi connectivity index (χ0) is 43.2. The maximum atomic E-state index is 14.9. The van der Waals surface area contributed by atoms with Crippen molar-refractivity contribution in [3.8, 4) is 0 Å². The van der Waals surface area contributed by atoms with Gasteiger partial charge in [-0.1, -0.05) is 133 Å². The summed E-state index contributed by atoms with van der Waals surface area (Å²) in [6.45, 7) is -1.13. The van der Waals surface area contributed by atoms with Crippen molar-refractivity contribution in [3.63, 3.8) is 0 Å². The molecule has 0 spiro atoms. The van der Waals surface area contributed by atoms with Gasteiger partial charge in [-0.05, 0) is 59.7 Å². The van der Waals surface area contributed by atoms with Crippen molar-refractivity contribution in [2.45, 2.75) is 43.9 Å². The number of carbonyl (C=O) groups is 4. The fraction of sp³-hybridized carbons (Fsp3) is 0.167. The molecule has 0 N–H and O–H groups in total. The average Bonchev–Trinajstić information content (AvgIpc) is 3.33. The molecular formula is C48H41O13P. The Balaban J connectivity index is 1.31. The molecule has 1 fully saturated rings. The van der Waals surface area contributed by atoms with E-state index in [1.807, 2.05) is 0 Å². The van der Waals surface area contributed by atoms with Crippen LogP contribution in [0.5, 0.6) is 0 Å². The van der Waals surface area contributed by atoms with Crippen LogP contribution in [0.25, 0.3) is 0 Å². The summed E-state index contributed by atoms with van der Waals surface area (Å²) in [6, 6.07) is 49.5. The van der Waals surface area contributed by atoms with Crippen LogP contribution in [0.15, 0.2) is 182 Å². The summed E-state index contributed by atoms with van der Waals surface area (Å²) in [4.78, 5) is 55.2. The molecule has 0 amide bonds. The Morgan fingerprint density at radius 1 is 0.435 bits per heavy atom. The number of ether oxygens (including phenoxy) is 5. The first-order valence-corrected chi connectivity index (χ1v) is 21.0. The summed E-state index contributed by atoms with van der Waals surface area (Å²) < 4.78 is 63.3. The van der Waals surface area contributed by atoms with Crippen LogP contribution in [0.3, 0.4) is 0 Å². The molecule has 1 aliphatic heterocycles. The maximum Gasteiger partial charge on any atom is 0.477 e. The van der Waals surface area contributed by atoms with Gasteiger partial charge in [0, 0.05) is 0 Å². The predicted octanol–water partition coefficient (Wildman–Crippen LogP) is 8.80. The molecular weight excluding hydrogens is 815 g/mol. The van der Waals surface area contributed by atoms with Crippen molar-refractivity contribution in [2.24, 2.45) is 0 Å². The predicted molar refractivity (Wildman–Crippen MR) is 223 cm³/mol. The van der Waals surface area contributed by atoms with Crippen LogP contribution >= 0.6 is 7.82 Å². The molecule has 1 aliphatic rings. The highest BCUT2D eigenvalue weighted by molar-refractivity contribution is 7.48. The molecule has 6 aromatic rings. The second-order valence-electron chi connectivity index (χ2n) is 13.8. The lowest BCUT2D eigenvalue weighted by molar-refractivity contribution is -0.279. The first-order valence-electron chi connectivity index (χ1n) is 19.6. The smallest absolute Gasteiger partial charge is 0.459 e. The Kier molecular flexibility index (Phi) is 14.8. The Bertz CT molecular complexity index is 2380. The van der Waals surface area contributed by atoms with Crippen molar-refractivity contribution in [1.29, 1.82) is 0 Å². The van der Waals surface area contributed by atoms with Crippen molar-refractivity contribution in [2.75, 3.05) is 6.61 Å². The van der Waals surface area contributed by atoms with E-state index >= 15 is 0 Å². The first-order chi connectivity index (χ1) is 30.2. The van der Waals surface area contributed by atoms with E-state index in [1.54, 1.807) is 133 Å². The minimum Gasteiger partial charge on any atom is -0.459 e.